The number of aromatic nitrogens is 2. The lowest BCUT2D eigenvalue weighted by Crippen LogP contribution is -2.11. The summed E-state index contributed by atoms with van der Waals surface area (Å²) in [7, 11) is 0. The molecule has 0 saturated heterocycles. The molecule has 0 aliphatic rings. The fraction of sp³-hybridized carbons (Fsp3) is 0.118. The Morgan fingerprint density at radius 1 is 1.13 bits per heavy atom. The Morgan fingerprint density at radius 2 is 1.91 bits per heavy atom. The molecule has 23 heavy (non-hydrogen) atoms. The van der Waals surface area contributed by atoms with E-state index >= 15 is 0 Å². The quantitative estimate of drug-likeness (QED) is 0.719. The second kappa shape index (κ2) is 7.02. The molecule has 2 heterocycles. The Labute approximate surface area is 146 Å². The van der Waals surface area contributed by atoms with Gasteiger partial charge in [0.15, 0.2) is 5.13 Å². The Kier molecular flexibility index (Phi) is 4.83. The first-order valence-electron chi connectivity index (χ1n) is 7.03. The number of hydrogen-bond acceptors (Lipinski definition) is 4. The molecule has 0 aliphatic carbocycles. The smallest absolute Gasteiger partial charge is 0.259 e. The van der Waals surface area contributed by atoms with E-state index in [0.717, 1.165) is 21.5 Å². The Morgan fingerprint density at radius 3 is 2.61 bits per heavy atom. The van der Waals surface area contributed by atoms with Gasteiger partial charge < -0.3 is 0 Å². The highest BCUT2D eigenvalue weighted by Gasteiger charge is 2.09. The van der Waals surface area contributed by atoms with Crippen molar-refractivity contribution in [3.05, 3.63) is 75.0 Å². The number of thiazole rings is 1. The summed E-state index contributed by atoms with van der Waals surface area (Å²) >= 11 is 4.91. The van der Waals surface area contributed by atoms with Crippen LogP contribution in [0.2, 0.25) is 0 Å². The number of nitrogens with one attached hydrogen (secondary N) is 1. The van der Waals surface area contributed by atoms with Crippen molar-refractivity contribution in [3.8, 4) is 0 Å². The Bertz CT molecular complexity index is 813. The van der Waals surface area contributed by atoms with Crippen LogP contribution in [0.3, 0.4) is 0 Å². The zero-order valence-electron chi connectivity index (χ0n) is 12.4. The van der Waals surface area contributed by atoms with Gasteiger partial charge in [-0.1, -0.05) is 28.1 Å². The number of nitrogens with zero attached hydrogens (tertiary/aromatic N) is 2. The van der Waals surface area contributed by atoms with Gasteiger partial charge >= 0.3 is 0 Å². The van der Waals surface area contributed by atoms with Crippen LogP contribution in [0, 0.1) is 6.92 Å². The number of benzene rings is 1. The van der Waals surface area contributed by atoms with Crippen molar-refractivity contribution in [2.24, 2.45) is 0 Å². The highest BCUT2D eigenvalue weighted by atomic mass is 79.9. The molecule has 2 aromatic heterocycles. The number of aryl methyl sites for hydroxylation is 1. The normalized spacial score (nSPS) is 10.5. The number of amides is 1. The molecule has 0 unspecified atom stereocenters. The number of rotatable bonds is 4. The van der Waals surface area contributed by atoms with E-state index in [0.29, 0.717) is 10.7 Å². The summed E-state index contributed by atoms with van der Waals surface area (Å²) in [5, 5.41) is 3.41. The highest BCUT2D eigenvalue weighted by molar-refractivity contribution is 9.10. The molecule has 1 N–H and O–H groups in total. The molecule has 6 heteroatoms. The van der Waals surface area contributed by atoms with Crippen LogP contribution in [0.25, 0.3) is 0 Å². The molecule has 0 fully saturated rings. The second-order valence-corrected chi connectivity index (χ2v) is 7.11. The number of carbonyl (C=O) groups is 1. The van der Waals surface area contributed by atoms with Crippen molar-refractivity contribution < 1.29 is 4.79 Å². The summed E-state index contributed by atoms with van der Waals surface area (Å²) in [6.07, 6.45) is 4.17. The third-order valence-corrected chi connectivity index (χ3v) is 4.68. The van der Waals surface area contributed by atoms with Gasteiger partial charge in [0.1, 0.15) is 0 Å². The highest BCUT2D eigenvalue weighted by Crippen LogP contribution is 2.22. The van der Waals surface area contributed by atoms with Gasteiger partial charge in [0.25, 0.3) is 5.91 Å². The maximum absolute atomic E-state index is 12.1. The summed E-state index contributed by atoms with van der Waals surface area (Å²) in [4.78, 5) is 21.6. The standard InChI is InChI=1S/C17H14BrN3OS/c1-11-2-5-13(9-19-11)16(22)21-17-20-10-15(23-17)8-12-3-6-14(18)7-4-12/h2-7,9-10H,8H2,1H3,(H,20,21,22). The summed E-state index contributed by atoms with van der Waals surface area (Å²) in [5.74, 6) is -0.193. The number of halogens is 1. The fourth-order valence-corrected chi connectivity index (χ4v) is 3.13. The van der Waals surface area contributed by atoms with Crippen LogP contribution in [0.1, 0.15) is 26.5 Å². The minimum absolute atomic E-state index is 0.193. The molecular formula is C17H14BrN3OS. The third-order valence-electron chi connectivity index (χ3n) is 3.24. The monoisotopic (exact) mass is 387 g/mol. The molecular weight excluding hydrogens is 374 g/mol. The summed E-state index contributed by atoms with van der Waals surface area (Å²) in [6, 6.07) is 11.7. The minimum Gasteiger partial charge on any atom is -0.298 e. The molecule has 0 radical (unpaired) electrons. The second-order valence-electron chi connectivity index (χ2n) is 5.08. The topological polar surface area (TPSA) is 54.9 Å². The van der Waals surface area contributed by atoms with Gasteiger partial charge in [0, 0.05) is 33.9 Å². The van der Waals surface area contributed by atoms with Crippen LogP contribution in [-0.2, 0) is 6.42 Å². The predicted octanol–water partition coefficient (Wildman–Crippen LogP) is 4.45. The van der Waals surface area contributed by atoms with Crippen molar-refractivity contribution in [1.29, 1.82) is 0 Å². The van der Waals surface area contributed by atoms with Crippen molar-refractivity contribution in [2.45, 2.75) is 13.3 Å². The van der Waals surface area contributed by atoms with E-state index in [9.17, 15) is 4.79 Å². The molecule has 0 spiro atoms. The van der Waals surface area contributed by atoms with E-state index in [2.05, 4.69) is 43.3 Å². The average Bonchev–Trinajstić information content (AvgIpc) is 2.97. The fourth-order valence-electron chi connectivity index (χ4n) is 2.02. The van der Waals surface area contributed by atoms with Crippen molar-refractivity contribution >= 4 is 38.3 Å². The third kappa shape index (κ3) is 4.24. The maximum Gasteiger partial charge on any atom is 0.259 e. The molecule has 3 rings (SSSR count). The summed E-state index contributed by atoms with van der Waals surface area (Å²) in [5.41, 5.74) is 2.62. The van der Waals surface area contributed by atoms with E-state index in [1.165, 1.54) is 16.9 Å². The largest absolute Gasteiger partial charge is 0.298 e. The number of pyridine rings is 1. The van der Waals surface area contributed by atoms with Crippen LogP contribution in [0.4, 0.5) is 5.13 Å². The summed E-state index contributed by atoms with van der Waals surface area (Å²) < 4.78 is 1.06. The molecule has 116 valence electrons. The number of carbonyl (C=O) groups excluding carboxylic acids is 1. The van der Waals surface area contributed by atoms with Gasteiger partial charge in [-0.15, -0.1) is 11.3 Å². The molecule has 0 atom stereocenters. The SMILES string of the molecule is Cc1ccc(C(=O)Nc2ncc(Cc3ccc(Br)cc3)s2)cn1. The van der Waals surface area contributed by atoms with Crippen molar-refractivity contribution in [2.75, 3.05) is 5.32 Å². The molecule has 3 aromatic rings. The van der Waals surface area contributed by atoms with Crippen molar-refractivity contribution in [3.63, 3.8) is 0 Å². The molecule has 4 nitrogen and oxygen atoms in total. The molecule has 1 aromatic carbocycles. The zero-order valence-corrected chi connectivity index (χ0v) is 14.8. The van der Waals surface area contributed by atoms with E-state index in [1.54, 1.807) is 18.5 Å². The Hall–Kier alpha value is -2.05. The molecule has 0 bridgehead atoms. The van der Waals surface area contributed by atoms with Crippen molar-refractivity contribution in [1.82, 2.24) is 9.97 Å². The van der Waals surface area contributed by atoms with Gasteiger partial charge in [-0.2, -0.15) is 0 Å². The van der Waals surface area contributed by atoms with Gasteiger partial charge in [0.2, 0.25) is 0 Å². The average molecular weight is 388 g/mol. The van der Waals surface area contributed by atoms with Gasteiger partial charge in [-0.3, -0.25) is 15.1 Å². The first kappa shape index (κ1) is 15.8. The lowest BCUT2D eigenvalue weighted by Gasteiger charge is -2.01. The van der Waals surface area contributed by atoms with Crippen LogP contribution < -0.4 is 5.32 Å². The molecule has 1 amide bonds. The van der Waals surface area contributed by atoms with Gasteiger partial charge in [-0.25, -0.2) is 4.98 Å². The number of anilines is 1. The van der Waals surface area contributed by atoms with Gasteiger partial charge in [0.05, 0.1) is 5.56 Å². The maximum atomic E-state index is 12.1. The van der Waals surface area contributed by atoms with E-state index in [4.69, 9.17) is 0 Å². The Balaban J connectivity index is 1.66. The lowest BCUT2D eigenvalue weighted by atomic mass is 10.1. The predicted molar refractivity (Wildman–Crippen MR) is 96.0 cm³/mol. The van der Waals surface area contributed by atoms with E-state index in [1.807, 2.05) is 25.1 Å². The number of hydrogen-bond donors (Lipinski definition) is 1. The molecule has 0 saturated carbocycles. The van der Waals surface area contributed by atoms with E-state index < -0.39 is 0 Å². The van der Waals surface area contributed by atoms with Crippen LogP contribution in [-0.4, -0.2) is 15.9 Å². The van der Waals surface area contributed by atoms with Crippen LogP contribution >= 0.6 is 27.3 Å². The first-order valence-corrected chi connectivity index (χ1v) is 8.64. The van der Waals surface area contributed by atoms with Crippen LogP contribution in [0.15, 0.2) is 53.3 Å². The lowest BCUT2D eigenvalue weighted by molar-refractivity contribution is 0.102. The summed E-state index contributed by atoms with van der Waals surface area (Å²) in [6.45, 7) is 1.89. The van der Waals surface area contributed by atoms with Crippen LogP contribution in [0.5, 0.6) is 0 Å². The van der Waals surface area contributed by atoms with E-state index in [-0.39, 0.29) is 5.91 Å². The first-order chi connectivity index (χ1) is 11.1. The van der Waals surface area contributed by atoms with Gasteiger partial charge in [-0.05, 0) is 36.8 Å². The minimum atomic E-state index is -0.193. The zero-order chi connectivity index (χ0) is 16.2. The molecule has 0 aliphatic heterocycles.